The molecule has 1 atom stereocenters. The van der Waals surface area contributed by atoms with Crippen LogP contribution in [0.3, 0.4) is 0 Å². The minimum absolute atomic E-state index is 0.0574. The van der Waals surface area contributed by atoms with Gasteiger partial charge in [0.1, 0.15) is 11.5 Å². The van der Waals surface area contributed by atoms with Crippen LogP contribution in [0.15, 0.2) is 61.1 Å². The quantitative estimate of drug-likeness (QED) is 0.619. The lowest BCUT2D eigenvalue weighted by Crippen LogP contribution is -2.38. The number of rotatable bonds is 5. The van der Waals surface area contributed by atoms with E-state index >= 15 is 0 Å². The highest BCUT2D eigenvalue weighted by Gasteiger charge is 2.32. The largest absolute Gasteiger partial charge is 0.341 e. The number of benzene rings is 2. The van der Waals surface area contributed by atoms with Gasteiger partial charge in [0.15, 0.2) is 0 Å². The number of hydrogen-bond acceptors (Lipinski definition) is 3. The van der Waals surface area contributed by atoms with Crippen molar-refractivity contribution >= 4 is 11.8 Å². The third-order valence-electron chi connectivity index (χ3n) is 5.96. The predicted molar refractivity (Wildman–Crippen MR) is 120 cm³/mol. The Morgan fingerprint density at radius 3 is 2.53 bits per heavy atom. The summed E-state index contributed by atoms with van der Waals surface area (Å²) in [6.45, 7) is 3.90. The van der Waals surface area contributed by atoms with Crippen LogP contribution in [0, 0.1) is 11.7 Å². The van der Waals surface area contributed by atoms with E-state index in [9.17, 15) is 14.0 Å². The Morgan fingerprint density at radius 2 is 1.88 bits per heavy atom. The Hall–Kier alpha value is -3.48. The molecule has 7 heteroatoms. The highest BCUT2D eigenvalue weighted by molar-refractivity contribution is 5.93. The maximum atomic E-state index is 14.1. The molecule has 0 saturated carbocycles. The fourth-order valence-electron chi connectivity index (χ4n) is 4.18. The van der Waals surface area contributed by atoms with Gasteiger partial charge in [-0.05, 0) is 30.5 Å². The number of nitrogens with zero attached hydrogens (tertiary/aromatic N) is 4. The Balaban J connectivity index is 1.54. The molecule has 1 fully saturated rings. The zero-order valence-electron chi connectivity index (χ0n) is 18.4. The van der Waals surface area contributed by atoms with Gasteiger partial charge in [0.25, 0.3) is 5.91 Å². The highest BCUT2D eigenvalue weighted by atomic mass is 19.1. The van der Waals surface area contributed by atoms with Crippen molar-refractivity contribution in [2.24, 2.45) is 13.0 Å². The lowest BCUT2D eigenvalue weighted by Gasteiger charge is -2.23. The molecule has 2 heterocycles. The highest BCUT2D eigenvalue weighted by Crippen LogP contribution is 2.24. The molecule has 1 aromatic heterocycles. The monoisotopic (exact) mass is 434 g/mol. The van der Waals surface area contributed by atoms with Crippen molar-refractivity contribution in [3.8, 4) is 11.1 Å². The molecule has 6 nitrogen and oxygen atoms in total. The van der Waals surface area contributed by atoms with Crippen LogP contribution in [0.25, 0.3) is 11.1 Å². The zero-order valence-corrected chi connectivity index (χ0v) is 18.4. The van der Waals surface area contributed by atoms with E-state index in [-0.39, 0.29) is 23.5 Å². The van der Waals surface area contributed by atoms with E-state index in [1.807, 2.05) is 49.2 Å². The van der Waals surface area contributed by atoms with Crippen molar-refractivity contribution in [3.63, 3.8) is 0 Å². The second-order valence-corrected chi connectivity index (χ2v) is 8.17. The fourth-order valence-corrected chi connectivity index (χ4v) is 4.18. The van der Waals surface area contributed by atoms with Crippen molar-refractivity contribution in [1.82, 2.24) is 19.4 Å². The molecule has 0 bridgehead atoms. The molecule has 0 aliphatic carbocycles. The van der Waals surface area contributed by atoms with Gasteiger partial charge in [-0.15, -0.1) is 0 Å². The fraction of sp³-hybridized carbons (Fsp3) is 0.320. The summed E-state index contributed by atoms with van der Waals surface area (Å²) >= 11 is 0. The van der Waals surface area contributed by atoms with Crippen molar-refractivity contribution in [2.45, 2.75) is 13.3 Å². The van der Waals surface area contributed by atoms with Crippen molar-refractivity contribution in [3.05, 3.63) is 78.1 Å². The van der Waals surface area contributed by atoms with E-state index in [1.54, 1.807) is 34.1 Å². The standard InChI is InChI=1S/C25H27FN4O2/c1-3-29-12-13-30(25(32)23-16-28(2)17-27-23)15-20(24(29)31)14-18-8-10-19(11-9-18)21-6-4-5-7-22(21)26/h4-11,16-17,20H,3,12-15H2,1-2H3. The summed E-state index contributed by atoms with van der Waals surface area (Å²) in [5, 5.41) is 0. The normalized spacial score (nSPS) is 16.8. The maximum Gasteiger partial charge on any atom is 0.274 e. The van der Waals surface area contributed by atoms with Crippen LogP contribution in [0.2, 0.25) is 0 Å². The minimum Gasteiger partial charge on any atom is -0.341 e. The van der Waals surface area contributed by atoms with E-state index in [4.69, 9.17) is 0 Å². The molecule has 1 saturated heterocycles. The average molecular weight is 435 g/mol. The van der Waals surface area contributed by atoms with Crippen LogP contribution < -0.4 is 0 Å². The number of amides is 2. The van der Waals surface area contributed by atoms with Crippen molar-refractivity contribution in [1.29, 1.82) is 0 Å². The summed E-state index contributed by atoms with van der Waals surface area (Å²) in [5.41, 5.74) is 2.71. The number of aromatic nitrogens is 2. The van der Waals surface area contributed by atoms with Crippen molar-refractivity contribution in [2.75, 3.05) is 26.2 Å². The Bertz CT molecular complexity index is 1110. The first-order valence-corrected chi connectivity index (χ1v) is 10.9. The number of carbonyl (C=O) groups excluding carboxylic acids is 2. The molecule has 0 N–H and O–H groups in total. The van der Waals surface area contributed by atoms with Gasteiger partial charge in [0, 0.05) is 45.0 Å². The van der Waals surface area contributed by atoms with Gasteiger partial charge in [-0.3, -0.25) is 9.59 Å². The molecule has 2 amide bonds. The van der Waals surface area contributed by atoms with Gasteiger partial charge < -0.3 is 14.4 Å². The summed E-state index contributed by atoms with van der Waals surface area (Å²) in [6.07, 6.45) is 3.81. The van der Waals surface area contributed by atoms with Gasteiger partial charge >= 0.3 is 0 Å². The van der Waals surface area contributed by atoms with E-state index < -0.39 is 0 Å². The molecule has 1 aliphatic heterocycles. The number of aryl methyl sites for hydroxylation is 1. The van der Waals surface area contributed by atoms with Gasteiger partial charge in [0.2, 0.25) is 5.91 Å². The molecular weight excluding hydrogens is 407 g/mol. The summed E-state index contributed by atoms with van der Waals surface area (Å²) in [5.74, 6) is -0.705. The van der Waals surface area contributed by atoms with Crippen LogP contribution in [-0.2, 0) is 18.3 Å². The van der Waals surface area contributed by atoms with Crippen LogP contribution in [0.1, 0.15) is 23.0 Å². The number of likely N-dealkylation sites (N-methyl/N-ethyl adjacent to an activating group) is 1. The average Bonchev–Trinajstić information content (AvgIpc) is 3.17. The third-order valence-corrected chi connectivity index (χ3v) is 5.96. The molecule has 1 aliphatic rings. The second-order valence-electron chi connectivity index (χ2n) is 8.17. The van der Waals surface area contributed by atoms with Gasteiger partial charge in [-0.25, -0.2) is 9.37 Å². The Morgan fingerprint density at radius 1 is 1.12 bits per heavy atom. The molecule has 1 unspecified atom stereocenters. The molecule has 3 aromatic rings. The maximum absolute atomic E-state index is 14.1. The van der Waals surface area contributed by atoms with Gasteiger partial charge in [-0.2, -0.15) is 0 Å². The minimum atomic E-state index is -0.343. The SMILES string of the molecule is CCN1CCN(C(=O)c2cn(C)cn2)CC(Cc2ccc(-c3ccccc3F)cc2)C1=O. The molecule has 32 heavy (non-hydrogen) atoms. The molecule has 0 spiro atoms. The molecule has 0 radical (unpaired) electrons. The number of halogens is 1. The first kappa shape index (κ1) is 21.7. The van der Waals surface area contributed by atoms with Gasteiger partial charge in [0.05, 0.1) is 12.2 Å². The topological polar surface area (TPSA) is 58.4 Å². The molecule has 166 valence electrons. The van der Waals surface area contributed by atoms with Gasteiger partial charge in [-0.1, -0.05) is 42.5 Å². The smallest absolute Gasteiger partial charge is 0.274 e. The molecular formula is C25H27FN4O2. The Kier molecular flexibility index (Phi) is 6.35. The van der Waals surface area contributed by atoms with E-state index in [2.05, 4.69) is 4.98 Å². The molecule has 4 rings (SSSR count). The third kappa shape index (κ3) is 4.56. The van der Waals surface area contributed by atoms with E-state index in [1.165, 1.54) is 6.07 Å². The van der Waals surface area contributed by atoms with Crippen LogP contribution in [-0.4, -0.2) is 57.3 Å². The van der Waals surface area contributed by atoms with Crippen LogP contribution in [0.4, 0.5) is 4.39 Å². The summed E-state index contributed by atoms with van der Waals surface area (Å²) in [4.78, 5) is 33.8. The molecule has 2 aromatic carbocycles. The first-order chi connectivity index (χ1) is 15.5. The van der Waals surface area contributed by atoms with Crippen LogP contribution in [0.5, 0.6) is 0 Å². The lowest BCUT2D eigenvalue weighted by molar-refractivity contribution is -0.134. The number of imidazole rings is 1. The number of hydrogen-bond donors (Lipinski definition) is 0. The first-order valence-electron chi connectivity index (χ1n) is 10.9. The number of carbonyl (C=O) groups is 2. The predicted octanol–water partition coefficient (Wildman–Crippen LogP) is 3.39. The summed E-state index contributed by atoms with van der Waals surface area (Å²) < 4.78 is 15.8. The van der Waals surface area contributed by atoms with E-state index in [0.29, 0.717) is 43.9 Å². The van der Waals surface area contributed by atoms with E-state index in [0.717, 1.165) is 11.1 Å². The van der Waals surface area contributed by atoms with Crippen LogP contribution >= 0.6 is 0 Å². The summed E-state index contributed by atoms with van der Waals surface area (Å²) in [7, 11) is 1.82. The summed E-state index contributed by atoms with van der Waals surface area (Å²) in [6, 6.07) is 14.3. The Labute approximate surface area is 187 Å². The lowest BCUT2D eigenvalue weighted by atomic mass is 9.95. The zero-order chi connectivity index (χ0) is 22.7. The second kappa shape index (κ2) is 9.34. The van der Waals surface area contributed by atoms with Crippen molar-refractivity contribution < 1.29 is 14.0 Å².